The van der Waals surface area contributed by atoms with Gasteiger partial charge in [-0.15, -0.1) is 0 Å². The van der Waals surface area contributed by atoms with Crippen LogP contribution in [0.3, 0.4) is 0 Å². The van der Waals surface area contributed by atoms with Crippen LogP contribution in [-0.4, -0.2) is 13.1 Å². The van der Waals surface area contributed by atoms with Crippen molar-refractivity contribution in [1.29, 1.82) is 0 Å². The van der Waals surface area contributed by atoms with E-state index in [2.05, 4.69) is 10.9 Å². The normalized spacial score (nSPS) is 10.3. The molecule has 27 heavy (non-hydrogen) atoms. The molecule has 0 saturated carbocycles. The molecule has 2 N–H and O–H groups in total. The molecule has 0 spiro atoms. The molecule has 3 rings (SSSR count). The topological polar surface area (TPSA) is 59.6 Å². The number of carbonyl (C=O) groups excluding carboxylic acids is 1. The molecule has 0 radical (unpaired) electrons. The fraction of sp³-hybridized carbons (Fsp3) is 0.136. The van der Waals surface area contributed by atoms with Crippen molar-refractivity contribution in [3.8, 4) is 5.75 Å². The van der Waals surface area contributed by atoms with Crippen LogP contribution in [0.2, 0.25) is 0 Å². The maximum atomic E-state index is 11.6. The number of nitrogens with one attached hydrogen (secondary N) is 2. The van der Waals surface area contributed by atoms with Crippen molar-refractivity contribution in [2.75, 3.05) is 12.5 Å². The number of hydrogen-bond acceptors (Lipinski definition) is 5. The van der Waals surface area contributed by atoms with Crippen LogP contribution in [-0.2, 0) is 17.9 Å². The van der Waals surface area contributed by atoms with Crippen LogP contribution in [0.1, 0.15) is 21.5 Å². The third kappa shape index (κ3) is 5.59. The smallest absolute Gasteiger partial charge is 0.337 e. The molecule has 0 aromatic heterocycles. The van der Waals surface area contributed by atoms with E-state index in [4.69, 9.17) is 9.47 Å². The highest BCUT2D eigenvalue weighted by Gasteiger charge is 2.06. The number of hydrogen-bond donors (Lipinski definition) is 2. The molecule has 0 saturated heterocycles. The summed E-state index contributed by atoms with van der Waals surface area (Å²) in [6.45, 7) is 1.08. The zero-order chi connectivity index (χ0) is 18.9. The molecule has 0 fully saturated rings. The molecule has 3 aromatic rings. The Hall–Kier alpha value is -3.31. The van der Waals surface area contributed by atoms with E-state index in [0.29, 0.717) is 18.7 Å². The fourth-order valence-electron chi connectivity index (χ4n) is 2.55. The number of esters is 1. The van der Waals surface area contributed by atoms with Crippen molar-refractivity contribution < 1.29 is 14.3 Å². The van der Waals surface area contributed by atoms with E-state index in [0.717, 1.165) is 22.6 Å². The zero-order valence-electron chi connectivity index (χ0n) is 15.1. The van der Waals surface area contributed by atoms with Crippen molar-refractivity contribution in [2.45, 2.75) is 13.2 Å². The lowest BCUT2D eigenvalue weighted by Gasteiger charge is -2.10. The van der Waals surface area contributed by atoms with Gasteiger partial charge in [0.25, 0.3) is 0 Å². The van der Waals surface area contributed by atoms with Gasteiger partial charge in [0.15, 0.2) is 0 Å². The van der Waals surface area contributed by atoms with Gasteiger partial charge in [-0.2, -0.15) is 0 Å². The maximum Gasteiger partial charge on any atom is 0.337 e. The van der Waals surface area contributed by atoms with Gasteiger partial charge in [-0.1, -0.05) is 42.5 Å². The number of anilines is 1. The minimum Gasteiger partial charge on any atom is -0.489 e. The lowest BCUT2D eigenvalue weighted by molar-refractivity contribution is 0.0600. The Morgan fingerprint density at radius 2 is 1.67 bits per heavy atom. The average molecular weight is 362 g/mol. The van der Waals surface area contributed by atoms with E-state index < -0.39 is 0 Å². The highest BCUT2D eigenvalue weighted by molar-refractivity contribution is 5.89. The standard InChI is InChI=1S/C22H22N2O3/c1-26-22(25)19-7-5-6-18(14-19)16-27-21-12-10-17(11-13-21)15-23-24-20-8-3-2-4-9-20/h2-14,23-24H,15-16H2,1H3. The van der Waals surface area contributed by atoms with Crippen LogP contribution in [0.5, 0.6) is 5.75 Å². The van der Waals surface area contributed by atoms with Crippen molar-refractivity contribution in [1.82, 2.24) is 5.43 Å². The summed E-state index contributed by atoms with van der Waals surface area (Å²) in [5.41, 5.74) is 9.93. The lowest BCUT2D eigenvalue weighted by atomic mass is 10.1. The second kappa shape index (κ2) is 9.40. The summed E-state index contributed by atoms with van der Waals surface area (Å²) in [6.07, 6.45) is 0. The van der Waals surface area contributed by atoms with Crippen LogP contribution >= 0.6 is 0 Å². The molecule has 138 valence electrons. The van der Waals surface area contributed by atoms with E-state index in [1.54, 1.807) is 12.1 Å². The number of benzene rings is 3. The Morgan fingerprint density at radius 1 is 0.889 bits per heavy atom. The Balaban J connectivity index is 1.48. The van der Waals surface area contributed by atoms with Gasteiger partial charge in [-0.05, 0) is 47.5 Å². The summed E-state index contributed by atoms with van der Waals surface area (Å²) >= 11 is 0. The van der Waals surface area contributed by atoms with Crippen LogP contribution in [0, 0.1) is 0 Å². The van der Waals surface area contributed by atoms with E-state index in [-0.39, 0.29) is 5.97 Å². The van der Waals surface area contributed by atoms with Gasteiger partial charge < -0.3 is 14.9 Å². The second-order valence-corrected chi connectivity index (χ2v) is 5.97. The minimum atomic E-state index is -0.349. The molecule has 5 heteroatoms. The molecule has 0 amide bonds. The Kier molecular flexibility index (Phi) is 6.44. The minimum absolute atomic E-state index is 0.349. The van der Waals surface area contributed by atoms with Crippen molar-refractivity contribution in [2.24, 2.45) is 0 Å². The number of para-hydroxylation sites is 1. The first kappa shape index (κ1) is 18.5. The van der Waals surface area contributed by atoms with Crippen LogP contribution < -0.4 is 15.6 Å². The molecule has 0 heterocycles. The monoisotopic (exact) mass is 362 g/mol. The zero-order valence-corrected chi connectivity index (χ0v) is 15.1. The number of carbonyl (C=O) groups is 1. The summed E-state index contributed by atoms with van der Waals surface area (Å²) in [4.78, 5) is 11.6. The number of rotatable bonds is 8. The molecule has 0 atom stereocenters. The summed E-state index contributed by atoms with van der Waals surface area (Å²) in [5.74, 6) is 0.427. The lowest BCUT2D eigenvalue weighted by Crippen LogP contribution is -2.20. The SMILES string of the molecule is COC(=O)c1cccc(COc2ccc(CNNc3ccccc3)cc2)c1. The summed E-state index contributed by atoms with van der Waals surface area (Å²) in [7, 11) is 1.37. The van der Waals surface area contributed by atoms with Crippen LogP contribution in [0.4, 0.5) is 5.69 Å². The van der Waals surface area contributed by atoms with Crippen molar-refractivity contribution >= 4 is 11.7 Å². The predicted octanol–water partition coefficient (Wildman–Crippen LogP) is 4.17. The molecule has 0 aliphatic heterocycles. The van der Waals surface area contributed by atoms with Gasteiger partial charge in [-0.3, -0.25) is 0 Å². The molecule has 5 nitrogen and oxygen atoms in total. The van der Waals surface area contributed by atoms with Gasteiger partial charge >= 0.3 is 5.97 Å². The first-order valence-electron chi connectivity index (χ1n) is 8.67. The van der Waals surface area contributed by atoms with E-state index in [1.165, 1.54) is 7.11 Å². The van der Waals surface area contributed by atoms with Gasteiger partial charge in [0.1, 0.15) is 12.4 Å². The van der Waals surface area contributed by atoms with Gasteiger partial charge in [0.2, 0.25) is 0 Å². The summed E-state index contributed by atoms with van der Waals surface area (Å²) < 4.78 is 10.5. The molecule has 0 unspecified atom stereocenters. The quantitative estimate of drug-likeness (QED) is 0.465. The number of methoxy groups -OCH3 is 1. The third-order valence-electron chi connectivity index (χ3n) is 3.98. The molecular formula is C22H22N2O3. The predicted molar refractivity (Wildman–Crippen MR) is 105 cm³/mol. The molecule has 0 aliphatic rings. The first-order chi connectivity index (χ1) is 13.2. The van der Waals surface area contributed by atoms with Crippen molar-refractivity contribution in [3.63, 3.8) is 0 Å². The van der Waals surface area contributed by atoms with Gasteiger partial charge in [0.05, 0.1) is 12.7 Å². The molecule has 0 aliphatic carbocycles. The third-order valence-corrected chi connectivity index (χ3v) is 3.98. The number of hydrazine groups is 1. The Labute approximate surface area is 158 Å². The second-order valence-electron chi connectivity index (χ2n) is 5.97. The average Bonchev–Trinajstić information content (AvgIpc) is 2.73. The summed E-state index contributed by atoms with van der Waals surface area (Å²) in [5, 5.41) is 0. The highest BCUT2D eigenvalue weighted by Crippen LogP contribution is 2.15. The maximum absolute atomic E-state index is 11.6. The van der Waals surface area contributed by atoms with Crippen LogP contribution in [0.15, 0.2) is 78.9 Å². The van der Waals surface area contributed by atoms with E-state index in [1.807, 2.05) is 66.7 Å². The molecule has 3 aromatic carbocycles. The van der Waals surface area contributed by atoms with Crippen molar-refractivity contribution in [3.05, 3.63) is 95.6 Å². The number of ether oxygens (including phenoxy) is 2. The summed E-state index contributed by atoms with van der Waals surface area (Å²) in [6, 6.07) is 25.1. The Bertz CT molecular complexity index is 864. The highest BCUT2D eigenvalue weighted by atomic mass is 16.5. The molecule has 0 bridgehead atoms. The van der Waals surface area contributed by atoms with Gasteiger partial charge in [0, 0.05) is 12.2 Å². The van der Waals surface area contributed by atoms with Gasteiger partial charge in [-0.25, -0.2) is 10.2 Å². The first-order valence-corrected chi connectivity index (χ1v) is 8.67. The Morgan fingerprint density at radius 3 is 2.41 bits per heavy atom. The molecular weight excluding hydrogens is 340 g/mol. The van der Waals surface area contributed by atoms with E-state index in [9.17, 15) is 4.79 Å². The van der Waals surface area contributed by atoms with E-state index >= 15 is 0 Å². The fourth-order valence-corrected chi connectivity index (χ4v) is 2.55. The van der Waals surface area contributed by atoms with Crippen LogP contribution in [0.25, 0.3) is 0 Å². The largest absolute Gasteiger partial charge is 0.489 e.